The van der Waals surface area contributed by atoms with Gasteiger partial charge in [-0.1, -0.05) is 13.8 Å². The summed E-state index contributed by atoms with van der Waals surface area (Å²) in [5.74, 6) is 2.69. The number of guanidine groups is 1. The Morgan fingerprint density at radius 3 is 2.62 bits per heavy atom. The van der Waals surface area contributed by atoms with Crippen LogP contribution >= 0.6 is 0 Å². The fraction of sp³-hybridized carbons (Fsp3) is 0.941. The van der Waals surface area contributed by atoms with Crippen molar-refractivity contribution < 1.29 is 0 Å². The highest BCUT2D eigenvalue weighted by atomic mass is 15.2. The number of aliphatic imine (C=N–C) groups is 1. The minimum absolute atomic E-state index is 0.618. The molecule has 4 heteroatoms. The number of likely N-dealkylation sites (tertiary alicyclic amines) is 1. The molecule has 2 N–H and O–H groups in total. The quantitative estimate of drug-likeness (QED) is 0.604. The molecule has 1 atom stereocenters. The van der Waals surface area contributed by atoms with Gasteiger partial charge in [0.15, 0.2) is 5.96 Å². The standard InChI is InChI=1S/C17H34N4/c1-4-10-21-11-9-15(13-21)12-19-17(18-3)20-16-7-5-14(2)6-8-16/h14-16H,4-13H2,1-3H3,(H2,18,19,20). The van der Waals surface area contributed by atoms with Gasteiger partial charge >= 0.3 is 0 Å². The number of nitrogens with zero attached hydrogens (tertiary/aromatic N) is 2. The largest absolute Gasteiger partial charge is 0.356 e. The molecule has 0 aromatic heterocycles. The summed E-state index contributed by atoms with van der Waals surface area (Å²) >= 11 is 0. The van der Waals surface area contributed by atoms with E-state index >= 15 is 0 Å². The van der Waals surface area contributed by atoms with Crippen molar-refractivity contribution in [1.82, 2.24) is 15.5 Å². The summed E-state index contributed by atoms with van der Waals surface area (Å²) in [4.78, 5) is 6.99. The lowest BCUT2D eigenvalue weighted by Crippen LogP contribution is -2.46. The first-order valence-corrected chi connectivity index (χ1v) is 8.90. The fourth-order valence-electron chi connectivity index (χ4n) is 3.63. The van der Waals surface area contributed by atoms with Crippen molar-refractivity contribution in [2.75, 3.05) is 33.2 Å². The molecule has 122 valence electrons. The summed E-state index contributed by atoms with van der Waals surface area (Å²) in [6.07, 6.45) is 7.87. The normalized spacial score (nSPS) is 31.4. The highest BCUT2D eigenvalue weighted by Gasteiger charge is 2.22. The van der Waals surface area contributed by atoms with Gasteiger partial charge in [0.25, 0.3) is 0 Å². The van der Waals surface area contributed by atoms with Gasteiger partial charge in [-0.3, -0.25) is 4.99 Å². The molecule has 1 saturated carbocycles. The minimum atomic E-state index is 0.618. The van der Waals surface area contributed by atoms with Crippen LogP contribution in [0.2, 0.25) is 0 Å². The van der Waals surface area contributed by atoms with Gasteiger partial charge in [-0.05, 0) is 63.5 Å². The topological polar surface area (TPSA) is 39.7 Å². The van der Waals surface area contributed by atoms with Crippen molar-refractivity contribution >= 4 is 5.96 Å². The van der Waals surface area contributed by atoms with Crippen molar-refractivity contribution in [2.45, 2.75) is 58.4 Å². The second-order valence-electron chi connectivity index (χ2n) is 7.01. The molecule has 1 unspecified atom stereocenters. The van der Waals surface area contributed by atoms with Crippen LogP contribution in [0, 0.1) is 11.8 Å². The van der Waals surface area contributed by atoms with Crippen molar-refractivity contribution in [1.29, 1.82) is 0 Å². The molecule has 0 bridgehead atoms. The molecule has 1 aliphatic heterocycles. The maximum atomic E-state index is 4.40. The van der Waals surface area contributed by atoms with E-state index in [1.54, 1.807) is 0 Å². The molecular formula is C17H34N4. The third-order valence-corrected chi connectivity index (χ3v) is 5.05. The van der Waals surface area contributed by atoms with Gasteiger partial charge in [-0.25, -0.2) is 0 Å². The van der Waals surface area contributed by atoms with E-state index in [1.807, 2.05) is 7.05 Å². The number of nitrogens with one attached hydrogen (secondary N) is 2. The molecule has 4 nitrogen and oxygen atoms in total. The first kappa shape index (κ1) is 16.6. The summed E-state index contributed by atoms with van der Waals surface area (Å²) < 4.78 is 0. The van der Waals surface area contributed by atoms with Crippen LogP contribution < -0.4 is 10.6 Å². The van der Waals surface area contributed by atoms with Gasteiger partial charge in [-0.2, -0.15) is 0 Å². The molecule has 2 aliphatic rings. The minimum Gasteiger partial charge on any atom is -0.356 e. The Morgan fingerprint density at radius 1 is 1.19 bits per heavy atom. The Kier molecular flexibility index (Phi) is 6.81. The summed E-state index contributed by atoms with van der Waals surface area (Å²) in [7, 11) is 1.89. The Bertz CT molecular complexity index is 321. The number of rotatable bonds is 5. The van der Waals surface area contributed by atoms with E-state index in [4.69, 9.17) is 0 Å². The Morgan fingerprint density at radius 2 is 1.95 bits per heavy atom. The van der Waals surface area contributed by atoms with E-state index < -0.39 is 0 Å². The second kappa shape index (κ2) is 8.62. The van der Waals surface area contributed by atoms with Crippen molar-refractivity contribution in [2.24, 2.45) is 16.8 Å². The molecule has 1 aliphatic carbocycles. The van der Waals surface area contributed by atoms with Gasteiger partial charge in [-0.15, -0.1) is 0 Å². The third kappa shape index (κ3) is 5.50. The summed E-state index contributed by atoms with van der Waals surface area (Å²) in [6, 6.07) is 0.618. The average molecular weight is 294 g/mol. The summed E-state index contributed by atoms with van der Waals surface area (Å²) in [5.41, 5.74) is 0. The van der Waals surface area contributed by atoms with Crippen molar-refractivity contribution in [3.63, 3.8) is 0 Å². The van der Waals surface area contributed by atoms with Gasteiger partial charge in [0.1, 0.15) is 0 Å². The van der Waals surface area contributed by atoms with Crippen molar-refractivity contribution in [3.8, 4) is 0 Å². The van der Waals surface area contributed by atoms with Gasteiger partial charge in [0.2, 0.25) is 0 Å². The first-order valence-electron chi connectivity index (χ1n) is 8.90. The van der Waals surface area contributed by atoms with E-state index in [1.165, 1.54) is 58.2 Å². The van der Waals surface area contributed by atoms with Crippen LogP contribution in [-0.2, 0) is 0 Å². The third-order valence-electron chi connectivity index (χ3n) is 5.05. The molecular weight excluding hydrogens is 260 g/mol. The zero-order chi connectivity index (χ0) is 15.1. The van der Waals surface area contributed by atoms with E-state index in [0.717, 1.165) is 24.3 Å². The summed E-state index contributed by atoms with van der Waals surface area (Å²) in [5, 5.41) is 7.16. The highest BCUT2D eigenvalue weighted by molar-refractivity contribution is 5.79. The predicted molar refractivity (Wildman–Crippen MR) is 90.8 cm³/mol. The van der Waals surface area contributed by atoms with Gasteiger partial charge in [0, 0.05) is 26.2 Å². The Balaban J connectivity index is 1.66. The van der Waals surface area contributed by atoms with Gasteiger partial charge < -0.3 is 15.5 Å². The maximum Gasteiger partial charge on any atom is 0.191 e. The zero-order valence-electron chi connectivity index (χ0n) is 14.2. The zero-order valence-corrected chi connectivity index (χ0v) is 14.2. The highest BCUT2D eigenvalue weighted by Crippen LogP contribution is 2.23. The first-order chi connectivity index (χ1) is 10.2. The molecule has 1 saturated heterocycles. The second-order valence-corrected chi connectivity index (χ2v) is 7.01. The average Bonchev–Trinajstić information content (AvgIpc) is 2.93. The van der Waals surface area contributed by atoms with Crippen LogP contribution in [0.1, 0.15) is 52.4 Å². The lowest BCUT2D eigenvalue weighted by atomic mass is 9.87. The SMILES string of the molecule is CCCN1CCC(CNC(=NC)NC2CCC(C)CC2)C1. The fourth-order valence-corrected chi connectivity index (χ4v) is 3.63. The smallest absolute Gasteiger partial charge is 0.191 e. The molecule has 2 fully saturated rings. The summed E-state index contributed by atoms with van der Waals surface area (Å²) in [6.45, 7) is 9.46. The monoisotopic (exact) mass is 294 g/mol. The number of hydrogen-bond donors (Lipinski definition) is 2. The van der Waals surface area contributed by atoms with E-state index in [9.17, 15) is 0 Å². The molecule has 2 rings (SSSR count). The van der Waals surface area contributed by atoms with Crippen LogP contribution in [0.15, 0.2) is 4.99 Å². The van der Waals surface area contributed by atoms with Crippen LogP contribution in [0.5, 0.6) is 0 Å². The molecule has 0 aromatic rings. The molecule has 1 heterocycles. The van der Waals surface area contributed by atoms with E-state index in [-0.39, 0.29) is 0 Å². The van der Waals surface area contributed by atoms with E-state index in [2.05, 4.69) is 34.4 Å². The molecule has 0 amide bonds. The maximum absolute atomic E-state index is 4.40. The van der Waals surface area contributed by atoms with E-state index in [0.29, 0.717) is 6.04 Å². The van der Waals surface area contributed by atoms with Crippen LogP contribution in [-0.4, -0.2) is 50.1 Å². The molecule has 0 aromatic carbocycles. The number of hydrogen-bond acceptors (Lipinski definition) is 2. The molecule has 0 spiro atoms. The lowest BCUT2D eigenvalue weighted by Gasteiger charge is -2.28. The Labute approximate surface area is 130 Å². The Hall–Kier alpha value is -0.770. The van der Waals surface area contributed by atoms with Crippen LogP contribution in [0.4, 0.5) is 0 Å². The lowest BCUT2D eigenvalue weighted by molar-refractivity contribution is 0.322. The molecule has 0 radical (unpaired) electrons. The van der Waals surface area contributed by atoms with Crippen LogP contribution in [0.3, 0.4) is 0 Å². The van der Waals surface area contributed by atoms with Crippen LogP contribution in [0.25, 0.3) is 0 Å². The van der Waals surface area contributed by atoms with Crippen molar-refractivity contribution in [3.05, 3.63) is 0 Å². The van der Waals surface area contributed by atoms with Gasteiger partial charge in [0.05, 0.1) is 0 Å². The predicted octanol–water partition coefficient (Wildman–Crippen LogP) is 2.46. The molecule has 21 heavy (non-hydrogen) atoms.